The Hall–Kier alpha value is -2.74. The molecule has 2 amide bonds. The summed E-state index contributed by atoms with van der Waals surface area (Å²) in [5.74, 6) is -1.64. The second-order valence-electron chi connectivity index (χ2n) is 11.1. The predicted molar refractivity (Wildman–Crippen MR) is 148 cm³/mol. The molecule has 2 bridgehead atoms. The zero-order valence-corrected chi connectivity index (χ0v) is 24.4. The lowest BCUT2D eigenvalue weighted by Gasteiger charge is -2.28. The van der Waals surface area contributed by atoms with Crippen molar-refractivity contribution < 1.29 is 36.6 Å². The fourth-order valence-electron chi connectivity index (χ4n) is 5.05. The number of nitrogens with one attached hydrogen (secondary N) is 2. The van der Waals surface area contributed by atoms with Crippen molar-refractivity contribution in [1.29, 1.82) is 0 Å². The van der Waals surface area contributed by atoms with Gasteiger partial charge in [-0.15, -0.1) is 0 Å². The highest BCUT2D eigenvalue weighted by Gasteiger charge is 2.45. The van der Waals surface area contributed by atoms with Gasteiger partial charge >= 0.3 is 6.18 Å². The van der Waals surface area contributed by atoms with Crippen LogP contribution in [0.2, 0.25) is 0 Å². The quantitative estimate of drug-likeness (QED) is 0.146. The van der Waals surface area contributed by atoms with Gasteiger partial charge in [0.1, 0.15) is 11.9 Å². The number of thiocarbonyl (C=S) groups is 1. The molecule has 14 heteroatoms. The van der Waals surface area contributed by atoms with Crippen LogP contribution in [0.4, 0.5) is 27.8 Å². The molecular weight excluding hydrogens is 569 g/mol. The molecule has 0 saturated carbocycles. The van der Waals surface area contributed by atoms with Gasteiger partial charge in [-0.2, -0.15) is 13.2 Å². The van der Waals surface area contributed by atoms with Crippen LogP contribution in [0, 0.1) is 0 Å². The highest BCUT2D eigenvalue weighted by Crippen LogP contribution is 2.38. The molecule has 3 rings (SSSR count). The van der Waals surface area contributed by atoms with Crippen LogP contribution in [-0.2, 0) is 9.59 Å². The molecule has 228 valence electrons. The van der Waals surface area contributed by atoms with Crippen molar-refractivity contribution in [3.63, 3.8) is 0 Å². The Morgan fingerprint density at radius 2 is 1.76 bits per heavy atom. The van der Waals surface area contributed by atoms with Gasteiger partial charge in [-0.25, -0.2) is 13.8 Å². The number of aliphatic imine (C=N–C) groups is 1. The minimum atomic E-state index is -4.63. The number of nitrogens with zero attached hydrogens (tertiary/aromatic N) is 3. The summed E-state index contributed by atoms with van der Waals surface area (Å²) >= 11 is 5.52. The van der Waals surface area contributed by atoms with Crippen molar-refractivity contribution in [1.82, 2.24) is 15.2 Å². The van der Waals surface area contributed by atoms with Crippen molar-refractivity contribution in [3.05, 3.63) is 23.4 Å². The van der Waals surface area contributed by atoms with Gasteiger partial charge in [-0.3, -0.25) is 14.6 Å². The van der Waals surface area contributed by atoms with Gasteiger partial charge < -0.3 is 20.6 Å². The lowest BCUT2D eigenvalue weighted by molar-refractivity contribution is -0.143. The normalized spacial score (nSPS) is 21.6. The molecule has 1 unspecified atom stereocenters. The Kier molecular flexibility index (Phi) is 10.1. The van der Waals surface area contributed by atoms with Crippen LogP contribution in [0.1, 0.15) is 84.3 Å². The number of halogens is 5. The zero-order valence-electron chi connectivity index (χ0n) is 23.6. The maximum Gasteiger partial charge on any atom is 0.408 e. The number of fused-ring (bicyclic) bond motifs is 2. The fraction of sp³-hybridized carbons (Fsp3) is 0.667. The Labute approximate surface area is 241 Å². The molecule has 3 N–H and O–H groups in total. The highest BCUT2D eigenvalue weighted by molar-refractivity contribution is 7.81. The lowest BCUT2D eigenvalue weighted by Crippen LogP contribution is -2.49. The molecular formula is C27H36F5N5O3S. The van der Waals surface area contributed by atoms with E-state index in [9.17, 15) is 36.6 Å². The van der Waals surface area contributed by atoms with Crippen molar-refractivity contribution in [2.45, 2.75) is 115 Å². The Morgan fingerprint density at radius 1 is 1.20 bits per heavy atom. The number of aromatic nitrogens is 1. The van der Waals surface area contributed by atoms with Crippen LogP contribution in [-0.4, -0.2) is 79.4 Å². The molecule has 41 heavy (non-hydrogen) atoms. The summed E-state index contributed by atoms with van der Waals surface area (Å²) in [5.41, 5.74) is -2.44. The minimum absolute atomic E-state index is 0.0510. The third-order valence-electron chi connectivity index (χ3n) is 7.81. The molecule has 1 aromatic heterocycles. The number of hydrogen-bond donors (Lipinski definition) is 3. The average Bonchev–Trinajstić information content (AvgIpc) is 3.48. The molecule has 0 radical (unpaired) electrons. The molecule has 1 aromatic rings. The second-order valence-corrected chi connectivity index (χ2v) is 11.6. The van der Waals surface area contributed by atoms with Gasteiger partial charge in [-0.05, 0) is 65.9 Å². The number of hydrogen-bond acceptors (Lipinski definition) is 7. The van der Waals surface area contributed by atoms with E-state index in [0.717, 1.165) is 37.9 Å². The third kappa shape index (κ3) is 7.56. The molecule has 2 aliphatic rings. The molecule has 2 fully saturated rings. The first-order chi connectivity index (χ1) is 18.9. The topological polar surface area (TPSA) is 107 Å². The second kappa shape index (κ2) is 12.6. The Balaban J connectivity index is 2.00. The Bertz CT molecular complexity index is 1170. The van der Waals surface area contributed by atoms with Crippen LogP contribution >= 0.6 is 12.2 Å². The number of rotatable bonds is 11. The van der Waals surface area contributed by atoms with E-state index in [1.54, 1.807) is 11.8 Å². The van der Waals surface area contributed by atoms with Gasteiger partial charge in [0.25, 0.3) is 18.2 Å². The van der Waals surface area contributed by atoms with E-state index < -0.39 is 59.5 Å². The zero-order chi connectivity index (χ0) is 30.9. The molecule has 3 atom stereocenters. The summed E-state index contributed by atoms with van der Waals surface area (Å²) in [6.45, 7) is 7.23. The van der Waals surface area contributed by atoms with Crippen molar-refractivity contribution in [2.75, 3.05) is 5.32 Å². The summed E-state index contributed by atoms with van der Waals surface area (Å²) < 4.78 is 68.2. The standard InChI is InChI=1S/C27H36F5N5O3S/c1-6-19(27(30,31)32)36-20-11-17(23(28)29)18(12-33-20)22(41)21(25(39)37-15-7-8-16(37)10-9-15)34-13(2)24(38)35-14(3)26(4,5)40/h11-12,14-16,19,21,23,40H,6-10H2,1-5H3,(H,33,36)(H,35,38)/b34-13+/t14-,15?,16?,19+,21?/m1/s1. The van der Waals surface area contributed by atoms with Crippen molar-refractivity contribution >= 4 is 40.4 Å². The molecule has 0 aromatic carbocycles. The van der Waals surface area contributed by atoms with Gasteiger partial charge in [-0.1, -0.05) is 19.1 Å². The molecule has 8 nitrogen and oxygen atoms in total. The number of pyridine rings is 1. The molecule has 3 heterocycles. The largest absolute Gasteiger partial charge is 0.408 e. The van der Waals surface area contributed by atoms with E-state index in [4.69, 9.17) is 12.2 Å². The molecule has 2 aliphatic heterocycles. The first-order valence-electron chi connectivity index (χ1n) is 13.5. The van der Waals surface area contributed by atoms with Crippen LogP contribution in [0.15, 0.2) is 17.3 Å². The van der Waals surface area contributed by atoms with E-state index in [0.29, 0.717) is 0 Å². The number of carbonyl (C=O) groups excluding carboxylic acids is 2. The van der Waals surface area contributed by atoms with Crippen LogP contribution in [0.3, 0.4) is 0 Å². The molecule has 0 spiro atoms. The monoisotopic (exact) mass is 605 g/mol. The first kappa shape index (κ1) is 32.8. The Morgan fingerprint density at radius 3 is 2.22 bits per heavy atom. The van der Waals surface area contributed by atoms with E-state index in [-0.39, 0.29) is 34.6 Å². The highest BCUT2D eigenvalue weighted by atomic mass is 32.1. The molecule has 2 saturated heterocycles. The summed E-state index contributed by atoms with van der Waals surface area (Å²) in [6.07, 6.45) is -4.10. The minimum Gasteiger partial charge on any atom is -0.388 e. The third-order valence-corrected chi connectivity index (χ3v) is 8.25. The number of alkyl halides is 5. The average molecular weight is 606 g/mol. The lowest BCUT2D eigenvalue weighted by atomic mass is 10.00. The number of anilines is 1. The number of carbonyl (C=O) groups is 2. The SMILES string of the molecule is CC[C@H](Nc1cc(C(F)F)c(C(=S)C(/N=C(\C)C(=O)N[C@H](C)C(C)(C)O)C(=O)N2C3CCC2CC3)cn1)C(F)(F)F. The summed E-state index contributed by atoms with van der Waals surface area (Å²) in [4.78, 5) is 36.2. The maximum atomic E-state index is 14.2. The fourth-order valence-corrected chi connectivity index (χ4v) is 5.37. The van der Waals surface area contributed by atoms with Gasteiger partial charge in [0, 0.05) is 29.4 Å². The maximum absolute atomic E-state index is 14.2. The number of aliphatic hydroxyl groups is 1. The van der Waals surface area contributed by atoms with Crippen molar-refractivity contribution in [2.24, 2.45) is 4.99 Å². The number of amides is 2. The summed E-state index contributed by atoms with van der Waals surface area (Å²) in [5, 5.41) is 14.9. The van der Waals surface area contributed by atoms with Gasteiger partial charge in [0.05, 0.1) is 22.2 Å². The smallest absolute Gasteiger partial charge is 0.388 e. The summed E-state index contributed by atoms with van der Waals surface area (Å²) in [7, 11) is 0. The van der Waals surface area contributed by atoms with E-state index in [2.05, 4.69) is 20.6 Å². The van der Waals surface area contributed by atoms with Gasteiger partial charge in [0.15, 0.2) is 6.04 Å². The van der Waals surface area contributed by atoms with Crippen LogP contribution in [0.5, 0.6) is 0 Å². The van der Waals surface area contributed by atoms with E-state index >= 15 is 0 Å². The van der Waals surface area contributed by atoms with E-state index in [1.807, 2.05) is 0 Å². The van der Waals surface area contributed by atoms with Crippen molar-refractivity contribution in [3.8, 4) is 0 Å². The van der Waals surface area contributed by atoms with Crippen LogP contribution < -0.4 is 10.6 Å². The predicted octanol–water partition coefficient (Wildman–Crippen LogP) is 4.75. The summed E-state index contributed by atoms with van der Waals surface area (Å²) in [6, 6.07) is -3.53. The molecule has 0 aliphatic carbocycles. The van der Waals surface area contributed by atoms with Crippen LogP contribution in [0.25, 0.3) is 0 Å². The first-order valence-corrected chi connectivity index (χ1v) is 13.9. The van der Waals surface area contributed by atoms with E-state index in [1.165, 1.54) is 27.7 Å². The van der Waals surface area contributed by atoms with Gasteiger partial charge in [0.2, 0.25) is 0 Å².